The summed E-state index contributed by atoms with van der Waals surface area (Å²) < 4.78 is 13.4. The molecule has 0 amide bonds. The molecule has 3 nitrogen and oxygen atoms in total. The highest BCUT2D eigenvalue weighted by atomic mass is 35.5. The second kappa shape index (κ2) is 5.39. The summed E-state index contributed by atoms with van der Waals surface area (Å²) in [6.07, 6.45) is 0. The van der Waals surface area contributed by atoms with Gasteiger partial charge in [0, 0.05) is 11.4 Å². The average molecular weight is 272 g/mol. The summed E-state index contributed by atoms with van der Waals surface area (Å²) in [7, 11) is 0. The van der Waals surface area contributed by atoms with E-state index >= 15 is 0 Å². The van der Waals surface area contributed by atoms with Gasteiger partial charge in [0.1, 0.15) is 18.0 Å². The molecule has 0 aliphatic heterocycles. The second-order valence-electron chi connectivity index (χ2n) is 3.74. The van der Waals surface area contributed by atoms with Crippen molar-refractivity contribution in [2.45, 2.75) is 0 Å². The van der Waals surface area contributed by atoms with Crippen molar-refractivity contribution in [2.75, 3.05) is 5.32 Å². The van der Waals surface area contributed by atoms with Gasteiger partial charge in [0.15, 0.2) is 0 Å². The van der Waals surface area contributed by atoms with Gasteiger partial charge in [-0.2, -0.15) is 10.5 Å². The van der Waals surface area contributed by atoms with E-state index in [0.29, 0.717) is 22.0 Å². The van der Waals surface area contributed by atoms with E-state index in [-0.39, 0.29) is 5.56 Å². The summed E-state index contributed by atoms with van der Waals surface area (Å²) in [4.78, 5) is 0. The van der Waals surface area contributed by atoms with Crippen LogP contribution in [0.3, 0.4) is 0 Å². The maximum atomic E-state index is 13.4. The van der Waals surface area contributed by atoms with E-state index in [1.807, 2.05) is 6.07 Å². The van der Waals surface area contributed by atoms with Crippen molar-refractivity contribution < 1.29 is 4.39 Å². The van der Waals surface area contributed by atoms with E-state index in [0.717, 1.165) is 0 Å². The molecule has 2 rings (SSSR count). The van der Waals surface area contributed by atoms with Gasteiger partial charge in [-0.1, -0.05) is 11.6 Å². The van der Waals surface area contributed by atoms with Crippen LogP contribution in [0.25, 0.3) is 0 Å². The fourth-order valence-electron chi connectivity index (χ4n) is 1.53. The van der Waals surface area contributed by atoms with Gasteiger partial charge in [-0.3, -0.25) is 0 Å². The molecule has 0 heterocycles. The summed E-state index contributed by atoms with van der Waals surface area (Å²) in [6, 6.07) is 12.7. The number of hydrogen-bond donors (Lipinski definition) is 1. The number of hydrogen-bond acceptors (Lipinski definition) is 3. The monoisotopic (exact) mass is 271 g/mol. The molecular weight excluding hydrogens is 265 g/mol. The standard InChI is InChI=1S/C14H7ClFN3/c15-13-5-11(3-1-9(13)7-17)19-12-4-2-10(8-18)14(16)6-12/h1-6,19H. The van der Waals surface area contributed by atoms with Gasteiger partial charge in [0.05, 0.1) is 16.1 Å². The van der Waals surface area contributed by atoms with Crippen molar-refractivity contribution in [3.05, 3.63) is 58.4 Å². The van der Waals surface area contributed by atoms with Gasteiger partial charge in [0.2, 0.25) is 0 Å². The van der Waals surface area contributed by atoms with Gasteiger partial charge >= 0.3 is 0 Å². The van der Waals surface area contributed by atoms with Crippen molar-refractivity contribution in [1.82, 2.24) is 0 Å². The minimum atomic E-state index is -0.591. The van der Waals surface area contributed by atoms with Crippen LogP contribution in [0.2, 0.25) is 5.02 Å². The number of nitrogens with zero attached hydrogens (tertiary/aromatic N) is 2. The molecule has 0 aromatic heterocycles. The molecule has 0 unspecified atom stereocenters. The molecule has 0 aliphatic rings. The summed E-state index contributed by atoms with van der Waals surface area (Å²) in [5.74, 6) is -0.591. The Bertz CT molecular complexity index is 652. The van der Waals surface area contributed by atoms with E-state index in [9.17, 15) is 4.39 Å². The van der Waals surface area contributed by atoms with Crippen molar-refractivity contribution in [3.63, 3.8) is 0 Å². The molecule has 1 N–H and O–H groups in total. The molecule has 0 saturated carbocycles. The molecule has 5 heteroatoms. The summed E-state index contributed by atoms with van der Waals surface area (Å²) >= 11 is 5.90. The molecule has 0 spiro atoms. The van der Waals surface area contributed by atoms with Gasteiger partial charge in [-0.15, -0.1) is 0 Å². The first-order valence-corrected chi connectivity index (χ1v) is 5.68. The third-order valence-electron chi connectivity index (χ3n) is 2.47. The highest BCUT2D eigenvalue weighted by molar-refractivity contribution is 6.32. The molecule has 0 atom stereocenters. The van der Waals surface area contributed by atoms with E-state index in [1.165, 1.54) is 12.1 Å². The number of rotatable bonds is 2. The predicted molar refractivity (Wildman–Crippen MR) is 70.6 cm³/mol. The molecule has 0 saturated heterocycles. The van der Waals surface area contributed by atoms with Crippen LogP contribution < -0.4 is 5.32 Å². The van der Waals surface area contributed by atoms with E-state index < -0.39 is 5.82 Å². The zero-order valence-corrected chi connectivity index (χ0v) is 10.4. The van der Waals surface area contributed by atoms with E-state index in [1.54, 1.807) is 30.3 Å². The molecule has 2 aromatic rings. The van der Waals surface area contributed by atoms with E-state index in [4.69, 9.17) is 22.1 Å². The topological polar surface area (TPSA) is 59.6 Å². The fourth-order valence-corrected chi connectivity index (χ4v) is 1.76. The number of halogens is 2. The molecule has 0 fully saturated rings. The zero-order valence-electron chi connectivity index (χ0n) is 9.61. The lowest BCUT2D eigenvalue weighted by Gasteiger charge is -2.07. The van der Waals surface area contributed by atoms with Crippen LogP contribution in [0.5, 0.6) is 0 Å². The van der Waals surface area contributed by atoms with Gasteiger partial charge in [-0.25, -0.2) is 4.39 Å². The number of nitriles is 2. The molecule has 0 radical (unpaired) electrons. The smallest absolute Gasteiger partial charge is 0.143 e. The minimum absolute atomic E-state index is 0.0107. The Morgan fingerprint density at radius 2 is 1.53 bits per heavy atom. The Kier molecular flexibility index (Phi) is 3.66. The van der Waals surface area contributed by atoms with Crippen LogP contribution in [0, 0.1) is 28.5 Å². The first-order valence-electron chi connectivity index (χ1n) is 5.30. The summed E-state index contributed by atoms with van der Waals surface area (Å²) in [6.45, 7) is 0. The Morgan fingerprint density at radius 3 is 2.05 bits per heavy atom. The predicted octanol–water partition coefficient (Wildman–Crippen LogP) is 3.97. The highest BCUT2D eigenvalue weighted by Gasteiger charge is 2.04. The zero-order chi connectivity index (χ0) is 13.8. The first kappa shape index (κ1) is 12.9. The Labute approximate surface area is 114 Å². The quantitative estimate of drug-likeness (QED) is 0.899. The third kappa shape index (κ3) is 2.82. The van der Waals surface area contributed by atoms with E-state index in [2.05, 4.69) is 5.32 Å². The maximum absolute atomic E-state index is 13.4. The molecular formula is C14H7ClFN3. The molecule has 2 aromatic carbocycles. The number of benzene rings is 2. The van der Waals surface area contributed by atoms with Crippen molar-refractivity contribution >= 4 is 23.0 Å². The lowest BCUT2D eigenvalue weighted by atomic mass is 10.2. The van der Waals surface area contributed by atoms with Gasteiger partial charge in [-0.05, 0) is 36.4 Å². The Balaban J connectivity index is 2.27. The number of nitrogens with one attached hydrogen (secondary N) is 1. The Morgan fingerprint density at radius 1 is 0.947 bits per heavy atom. The molecule has 19 heavy (non-hydrogen) atoms. The van der Waals surface area contributed by atoms with Crippen LogP contribution in [0.4, 0.5) is 15.8 Å². The lowest BCUT2D eigenvalue weighted by Crippen LogP contribution is -1.93. The van der Waals surface area contributed by atoms with Crippen molar-refractivity contribution in [3.8, 4) is 12.1 Å². The van der Waals surface area contributed by atoms with Crippen molar-refractivity contribution in [1.29, 1.82) is 10.5 Å². The fraction of sp³-hybridized carbons (Fsp3) is 0. The van der Waals surface area contributed by atoms with Gasteiger partial charge in [0.25, 0.3) is 0 Å². The summed E-state index contributed by atoms with van der Waals surface area (Å²) in [5.41, 5.74) is 1.49. The summed E-state index contributed by atoms with van der Waals surface area (Å²) in [5, 5.41) is 20.7. The van der Waals surface area contributed by atoms with Crippen LogP contribution in [0.15, 0.2) is 36.4 Å². The molecule has 0 aliphatic carbocycles. The maximum Gasteiger partial charge on any atom is 0.143 e. The van der Waals surface area contributed by atoms with Gasteiger partial charge < -0.3 is 5.32 Å². The lowest BCUT2D eigenvalue weighted by molar-refractivity contribution is 0.624. The van der Waals surface area contributed by atoms with Crippen molar-refractivity contribution in [2.24, 2.45) is 0 Å². The highest BCUT2D eigenvalue weighted by Crippen LogP contribution is 2.24. The average Bonchev–Trinajstić information content (AvgIpc) is 2.39. The van der Waals surface area contributed by atoms with Crippen LogP contribution in [-0.4, -0.2) is 0 Å². The largest absolute Gasteiger partial charge is 0.355 e. The third-order valence-corrected chi connectivity index (χ3v) is 2.78. The second-order valence-corrected chi connectivity index (χ2v) is 4.15. The first-order chi connectivity index (χ1) is 9.13. The molecule has 0 bridgehead atoms. The van der Waals surface area contributed by atoms with Crippen LogP contribution in [-0.2, 0) is 0 Å². The minimum Gasteiger partial charge on any atom is -0.355 e. The van der Waals surface area contributed by atoms with Crippen LogP contribution >= 0.6 is 11.6 Å². The normalized spacial score (nSPS) is 9.47. The number of anilines is 2. The van der Waals surface area contributed by atoms with Crippen LogP contribution in [0.1, 0.15) is 11.1 Å². The Hall–Kier alpha value is -2.56. The SMILES string of the molecule is N#Cc1ccc(Nc2ccc(C#N)c(Cl)c2)cc1F. The molecule has 92 valence electrons.